The number of hydrogen-bond donors (Lipinski definition) is 0. The van der Waals surface area contributed by atoms with Gasteiger partial charge in [-0.15, -0.1) is 12.4 Å². The summed E-state index contributed by atoms with van der Waals surface area (Å²) in [5.74, 6) is -0.399. The molecule has 0 saturated heterocycles. The van der Waals surface area contributed by atoms with Crippen LogP contribution >= 0.6 is 12.4 Å². The Bertz CT molecular complexity index is 550. The average Bonchev–Trinajstić information content (AvgIpc) is 2.58. The molecular formula is C17H27ClN2O5. The minimum Gasteiger partial charge on any atom is -0.487 e. The molecule has 1 aromatic rings. The first-order valence-electron chi connectivity index (χ1n) is 8.34. The summed E-state index contributed by atoms with van der Waals surface area (Å²) in [6.45, 7) is 9.18. The van der Waals surface area contributed by atoms with E-state index in [9.17, 15) is 14.9 Å². The van der Waals surface area contributed by atoms with Crippen LogP contribution in [0.25, 0.3) is 0 Å². The van der Waals surface area contributed by atoms with Crippen molar-refractivity contribution >= 4 is 24.1 Å². The molecule has 0 aliphatic rings. The highest BCUT2D eigenvalue weighted by Crippen LogP contribution is 2.28. The van der Waals surface area contributed by atoms with E-state index in [1.165, 1.54) is 18.2 Å². The molecule has 1 rings (SSSR count). The number of unbranched alkanes of at least 4 members (excludes halogenated alkanes) is 1. The van der Waals surface area contributed by atoms with Gasteiger partial charge in [0.15, 0.2) is 5.75 Å². The zero-order chi connectivity index (χ0) is 17.9. The Morgan fingerprint density at radius 1 is 1.20 bits per heavy atom. The van der Waals surface area contributed by atoms with Crippen LogP contribution in [0.2, 0.25) is 0 Å². The molecule has 25 heavy (non-hydrogen) atoms. The first-order valence-corrected chi connectivity index (χ1v) is 8.34. The molecule has 142 valence electrons. The van der Waals surface area contributed by atoms with Crippen LogP contribution in [0.15, 0.2) is 18.2 Å². The van der Waals surface area contributed by atoms with Gasteiger partial charge in [0.1, 0.15) is 6.61 Å². The van der Waals surface area contributed by atoms with Gasteiger partial charge in [-0.25, -0.2) is 4.79 Å². The van der Waals surface area contributed by atoms with Crippen molar-refractivity contribution in [1.29, 1.82) is 0 Å². The highest BCUT2D eigenvalue weighted by Gasteiger charge is 2.19. The van der Waals surface area contributed by atoms with Gasteiger partial charge in [0.05, 0.1) is 17.1 Å². The molecule has 8 heteroatoms. The standard InChI is InChI=1S/C17H26N2O5.ClH/c1-4-7-11-23-16-13-14(8-9-15(16)19(21)22)17(20)24-12-10-18(5-2)6-3;/h8-9,13H,4-7,10-12H2,1-3H3;1H. The van der Waals surface area contributed by atoms with E-state index in [0.717, 1.165) is 25.9 Å². The minimum absolute atomic E-state index is 0. The number of rotatable bonds is 11. The fourth-order valence-electron chi connectivity index (χ4n) is 2.12. The SMILES string of the molecule is CCCCOc1cc(C(=O)OCCN(CC)CC)ccc1[N+](=O)[O-].Cl. The Morgan fingerprint density at radius 2 is 1.88 bits per heavy atom. The van der Waals surface area contributed by atoms with Crippen LogP contribution in [0, 0.1) is 10.1 Å². The van der Waals surface area contributed by atoms with Crippen molar-refractivity contribution in [2.24, 2.45) is 0 Å². The van der Waals surface area contributed by atoms with Crippen LogP contribution in [0.5, 0.6) is 5.75 Å². The third-order valence-corrected chi connectivity index (χ3v) is 3.68. The molecule has 0 radical (unpaired) electrons. The van der Waals surface area contributed by atoms with Crippen LogP contribution in [-0.4, -0.2) is 48.6 Å². The molecule has 0 unspecified atom stereocenters. The number of ether oxygens (including phenoxy) is 2. The maximum absolute atomic E-state index is 12.1. The summed E-state index contributed by atoms with van der Waals surface area (Å²) >= 11 is 0. The first kappa shape index (κ1) is 23.1. The summed E-state index contributed by atoms with van der Waals surface area (Å²) < 4.78 is 10.7. The van der Waals surface area contributed by atoms with E-state index in [2.05, 4.69) is 4.90 Å². The quantitative estimate of drug-likeness (QED) is 0.254. The molecule has 0 saturated carbocycles. The lowest BCUT2D eigenvalue weighted by molar-refractivity contribution is -0.385. The summed E-state index contributed by atoms with van der Waals surface area (Å²) in [6.07, 6.45) is 1.70. The second-order valence-corrected chi connectivity index (χ2v) is 5.30. The van der Waals surface area contributed by atoms with Gasteiger partial charge in [-0.05, 0) is 25.6 Å². The number of hydrogen-bond acceptors (Lipinski definition) is 6. The number of nitro benzene ring substituents is 1. The fourth-order valence-corrected chi connectivity index (χ4v) is 2.12. The normalized spacial score (nSPS) is 10.2. The molecule has 0 bridgehead atoms. The van der Waals surface area contributed by atoms with Crippen LogP contribution in [0.1, 0.15) is 44.0 Å². The second kappa shape index (κ2) is 12.5. The lowest BCUT2D eigenvalue weighted by Gasteiger charge is -2.17. The predicted molar refractivity (Wildman–Crippen MR) is 98.8 cm³/mol. The van der Waals surface area contributed by atoms with Crippen LogP contribution in [0.3, 0.4) is 0 Å². The van der Waals surface area contributed by atoms with Gasteiger partial charge in [0.2, 0.25) is 0 Å². The fraction of sp³-hybridized carbons (Fsp3) is 0.588. The molecule has 0 atom stereocenters. The number of likely N-dealkylation sites (N-methyl/N-ethyl adjacent to an activating group) is 1. The Kier molecular flexibility index (Phi) is 11.6. The number of benzene rings is 1. The molecule has 0 heterocycles. The van der Waals surface area contributed by atoms with E-state index in [1.807, 2.05) is 20.8 Å². The van der Waals surface area contributed by atoms with Gasteiger partial charge in [0.25, 0.3) is 0 Å². The van der Waals surface area contributed by atoms with Gasteiger partial charge >= 0.3 is 11.7 Å². The van der Waals surface area contributed by atoms with E-state index in [-0.39, 0.29) is 36.0 Å². The molecule has 7 nitrogen and oxygen atoms in total. The third-order valence-electron chi connectivity index (χ3n) is 3.68. The number of carbonyl (C=O) groups excluding carboxylic acids is 1. The van der Waals surface area contributed by atoms with Crippen molar-refractivity contribution in [3.8, 4) is 5.75 Å². The lowest BCUT2D eigenvalue weighted by Crippen LogP contribution is -2.27. The molecule has 0 spiro atoms. The average molecular weight is 375 g/mol. The lowest BCUT2D eigenvalue weighted by atomic mass is 10.2. The summed E-state index contributed by atoms with van der Waals surface area (Å²) in [7, 11) is 0. The highest BCUT2D eigenvalue weighted by atomic mass is 35.5. The van der Waals surface area contributed by atoms with E-state index in [0.29, 0.717) is 13.2 Å². The molecule has 1 aromatic carbocycles. The molecule has 0 N–H and O–H groups in total. The highest BCUT2D eigenvalue weighted by molar-refractivity contribution is 5.90. The van der Waals surface area contributed by atoms with Crippen LogP contribution in [-0.2, 0) is 4.74 Å². The Balaban J connectivity index is 0.00000576. The summed E-state index contributed by atoms with van der Waals surface area (Å²) in [6, 6.07) is 4.06. The van der Waals surface area contributed by atoms with Crippen LogP contribution < -0.4 is 4.74 Å². The maximum atomic E-state index is 12.1. The monoisotopic (exact) mass is 374 g/mol. The molecular weight excluding hydrogens is 348 g/mol. The van der Waals surface area contributed by atoms with E-state index < -0.39 is 10.9 Å². The van der Waals surface area contributed by atoms with E-state index in [1.54, 1.807) is 0 Å². The smallest absolute Gasteiger partial charge is 0.338 e. The Labute approximate surface area is 154 Å². The minimum atomic E-state index is -0.517. The van der Waals surface area contributed by atoms with Crippen molar-refractivity contribution < 1.29 is 19.2 Å². The van der Waals surface area contributed by atoms with Crippen molar-refractivity contribution in [2.75, 3.05) is 32.8 Å². The van der Waals surface area contributed by atoms with Gasteiger partial charge < -0.3 is 14.4 Å². The Morgan fingerprint density at radius 3 is 2.44 bits per heavy atom. The van der Waals surface area contributed by atoms with Gasteiger partial charge in [0, 0.05) is 18.7 Å². The zero-order valence-electron chi connectivity index (χ0n) is 15.0. The first-order chi connectivity index (χ1) is 11.5. The number of esters is 1. The predicted octanol–water partition coefficient (Wildman–Crippen LogP) is 3.69. The number of halogens is 1. The summed E-state index contributed by atoms with van der Waals surface area (Å²) in [4.78, 5) is 24.8. The molecule has 0 aliphatic heterocycles. The number of carbonyl (C=O) groups is 1. The second-order valence-electron chi connectivity index (χ2n) is 5.30. The largest absolute Gasteiger partial charge is 0.487 e. The zero-order valence-corrected chi connectivity index (χ0v) is 15.8. The van der Waals surface area contributed by atoms with Crippen molar-refractivity contribution in [3.63, 3.8) is 0 Å². The summed E-state index contributed by atoms with van der Waals surface area (Å²) in [5, 5.41) is 11.1. The van der Waals surface area contributed by atoms with Crippen molar-refractivity contribution in [2.45, 2.75) is 33.6 Å². The van der Waals surface area contributed by atoms with E-state index >= 15 is 0 Å². The third kappa shape index (κ3) is 7.70. The number of nitrogens with zero attached hydrogens (tertiary/aromatic N) is 2. The van der Waals surface area contributed by atoms with Gasteiger partial charge in [-0.1, -0.05) is 27.2 Å². The van der Waals surface area contributed by atoms with Gasteiger partial charge in [-0.2, -0.15) is 0 Å². The molecule has 0 aromatic heterocycles. The van der Waals surface area contributed by atoms with Crippen molar-refractivity contribution in [3.05, 3.63) is 33.9 Å². The van der Waals surface area contributed by atoms with Crippen molar-refractivity contribution in [1.82, 2.24) is 4.90 Å². The molecule has 0 fully saturated rings. The molecule has 0 amide bonds. The topological polar surface area (TPSA) is 81.9 Å². The van der Waals surface area contributed by atoms with Gasteiger partial charge in [-0.3, -0.25) is 10.1 Å². The number of nitro groups is 1. The summed E-state index contributed by atoms with van der Waals surface area (Å²) in [5.41, 5.74) is 0.109. The van der Waals surface area contributed by atoms with E-state index in [4.69, 9.17) is 9.47 Å². The Hall–Kier alpha value is -1.86. The van der Waals surface area contributed by atoms with Crippen LogP contribution in [0.4, 0.5) is 5.69 Å². The maximum Gasteiger partial charge on any atom is 0.338 e. The molecule has 0 aliphatic carbocycles.